The van der Waals surface area contributed by atoms with Gasteiger partial charge in [0.2, 0.25) is 0 Å². The maximum atomic E-state index is 2.52. The van der Waals surface area contributed by atoms with Crippen molar-refractivity contribution < 1.29 is 0 Å². The lowest BCUT2D eigenvalue weighted by atomic mass is 9.78. The summed E-state index contributed by atoms with van der Waals surface area (Å²) in [7, 11) is 0. The van der Waals surface area contributed by atoms with Crippen LogP contribution >= 0.6 is 0 Å². The molecular formula is C52H40. The average Bonchev–Trinajstić information content (AvgIpc) is 3.69. The molecule has 0 saturated carbocycles. The van der Waals surface area contributed by atoms with Crippen LogP contribution < -0.4 is 0 Å². The number of hydrogen-bond donors (Lipinski definition) is 0. The van der Waals surface area contributed by atoms with Crippen molar-refractivity contribution in [2.75, 3.05) is 0 Å². The van der Waals surface area contributed by atoms with Crippen molar-refractivity contribution in [3.05, 3.63) is 167 Å². The SMILES string of the molecule is Cc1ccc2c(-c3ccc4c(c3)C(C)(C)c3ccccc3-4)c3c(c(-c4ccc5c(c4)C(C)(C)c4ccccc4-5)c2c1)-c1cccc2c(C)ccc-3c12. The first-order valence-corrected chi connectivity index (χ1v) is 18.8. The topological polar surface area (TPSA) is 0 Å². The lowest BCUT2D eigenvalue weighted by molar-refractivity contribution is 0.660. The third-order valence-electron chi connectivity index (χ3n) is 13.0. The van der Waals surface area contributed by atoms with Gasteiger partial charge in [-0.3, -0.25) is 0 Å². The zero-order valence-corrected chi connectivity index (χ0v) is 30.7. The Bertz CT molecular complexity index is 2910. The smallest absolute Gasteiger partial charge is 0.0159 e. The molecule has 0 spiro atoms. The van der Waals surface area contributed by atoms with E-state index in [0.29, 0.717) is 0 Å². The molecule has 52 heavy (non-hydrogen) atoms. The second kappa shape index (κ2) is 9.99. The van der Waals surface area contributed by atoms with Crippen molar-refractivity contribution in [2.24, 2.45) is 0 Å². The lowest BCUT2D eigenvalue weighted by Gasteiger charge is -2.25. The molecule has 0 atom stereocenters. The first kappa shape index (κ1) is 30.0. The minimum atomic E-state index is -0.0777. The summed E-state index contributed by atoms with van der Waals surface area (Å²) in [5, 5.41) is 5.37. The van der Waals surface area contributed by atoms with Gasteiger partial charge in [0.15, 0.2) is 0 Å². The van der Waals surface area contributed by atoms with Crippen LogP contribution in [0.15, 0.2) is 133 Å². The molecule has 0 saturated heterocycles. The van der Waals surface area contributed by atoms with Gasteiger partial charge in [0.25, 0.3) is 0 Å². The fourth-order valence-electron chi connectivity index (χ4n) is 10.4. The Balaban J connectivity index is 1.27. The molecule has 0 bridgehead atoms. The number of fused-ring (bicyclic) bond motifs is 10. The molecule has 248 valence electrons. The summed E-state index contributed by atoms with van der Waals surface area (Å²) in [6, 6.07) is 51.4. The molecule has 0 unspecified atom stereocenters. The van der Waals surface area contributed by atoms with Crippen LogP contribution in [0.3, 0.4) is 0 Å². The van der Waals surface area contributed by atoms with Gasteiger partial charge >= 0.3 is 0 Å². The summed E-state index contributed by atoms with van der Waals surface area (Å²) in [5.74, 6) is 0. The number of aryl methyl sites for hydroxylation is 2. The van der Waals surface area contributed by atoms with Crippen LogP contribution in [-0.4, -0.2) is 0 Å². The molecule has 8 aromatic rings. The van der Waals surface area contributed by atoms with Crippen LogP contribution in [0, 0.1) is 13.8 Å². The van der Waals surface area contributed by atoms with E-state index in [2.05, 4.69) is 175 Å². The van der Waals surface area contributed by atoms with E-state index in [9.17, 15) is 0 Å². The van der Waals surface area contributed by atoms with Crippen molar-refractivity contribution in [1.82, 2.24) is 0 Å². The summed E-state index contributed by atoms with van der Waals surface area (Å²) >= 11 is 0. The molecule has 3 aliphatic carbocycles. The van der Waals surface area contributed by atoms with E-state index in [0.717, 1.165) is 0 Å². The van der Waals surface area contributed by atoms with Crippen LogP contribution in [-0.2, 0) is 10.8 Å². The third-order valence-corrected chi connectivity index (χ3v) is 13.0. The van der Waals surface area contributed by atoms with E-state index in [1.807, 2.05) is 0 Å². The first-order chi connectivity index (χ1) is 25.1. The molecule has 0 aromatic heterocycles. The second-order valence-electron chi connectivity index (χ2n) is 16.6. The monoisotopic (exact) mass is 664 g/mol. The van der Waals surface area contributed by atoms with E-state index in [-0.39, 0.29) is 10.8 Å². The molecule has 0 N–H and O–H groups in total. The Morgan fingerprint density at radius 3 is 1.46 bits per heavy atom. The molecule has 0 radical (unpaired) electrons. The fraction of sp³-hybridized carbons (Fsp3) is 0.154. The van der Waals surface area contributed by atoms with Gasteiger partial charge in [-0.25, -0.2) is 0 Å². The minimum Gasteiger partial charge on any atom is -0.0619 e. The highest BCUT2D eigenvalue weighted by Gasteiger charge is 2.38. The normalized spacial score (nSPS) is 15.0. The Morgan fingerprint density at radius 2 is 0.846 bits per heavy atom. The molecule has 0 heteroatoms. The lowest BCUT2D eigenvalue weighted by Crippen LogP contribution is -2.15. The van der Waals surface area contributed by atoms with Crippen molar-refractivity contribution in [3.8, 4) is 66.8 Å². The Labute approximate surface area is 306 Å². The molecule has 8 aromatic carbocycles. The second-order valence-corrected chi connectivity index (χ2v) is 16.6. The standard InChI is InChI=1S/C52H40/c1-29-18-22-38-41(26-29)47(32-21-25-37-35-13-8-10-17-43(35)52(5,6)45(37)28-32)49-39-15-11-14-33-30(2)19-23-40(48(33)39)50(49)46(38)31-20-24-36-34-12-7-9-16-42(34)51(3,4)44(36)27-31/h7-28H,1-6H3. The van der Waals surface area contributed by atoms with Gasteiger partial charge < -0.3 is 0 Å². The fourth-order valence-corrected chi connectivity index (χ4v) is 10.4. The van der Waals surface area contributed by atoms with Crippen LogP contribution in [0.25, 0.3) is 88.3 Å². The van der Waals surface area contributed by atoms with Gasteiger partial charge in [0.1, 0.15) is 0 Å². The molecule has 0 amide bonds. The summed E-state index contributed by atoms with van der Waals surface area (Å²) in [6.07, 6.45) is 0. The maximum absolute atomic E-state index is 2.52. The van der Waals surface area contributed by atoms with Gasteiger partial charge in [-0.2, -0.15) is 0 Å². The largest absolute Gasteiger partial charge is 0.0619 e. The quantitative estimate of drug-likeness (QED) is 0.173. The summed E-state index contributed by atoms with van der Waals surface area (Å²) in [4.78, 5) is 0. The van der Waals surface area contributed by atoms with E-state index in [1.54, 1.807) is 0 Å². The number of benzene rings is 8. The summed E-state index contributed by atoms with van der Waals surface area (Å²) in [6.45, 7) is 14.1. The van der Waals surface area contributed by atoms with Crippen molar-refractivity contribution in [2.45, 2.75) is 52.4 Å². The van der Waals surface area contributed by atoms with E-state index in [1.165, 1.54) is 122 Å². The Hall–Kier alpha value is -5.72. The van der Waals surface area contributed by atoms with Gasteiger partial charge in [0, 0.05) is 10.8 Å². The van der Waals surface area contributed by atoms with Gasteiger partial charge in [-0.1, -0.05) is 155 Å². The third kappa shape index (κ3) is 3.67. The van der Waals surface area contributed by atoms with Crippen molar-refractivity contribution in [3.63, 3.8) is 0 Å². The highest BCUT2D eigenvalue weighted by molar-refractivity contribution is 6.28. The van der Waals surface area contributed by atoms with Crippen LogP contribution in [0.4, 0.5) is 0 Å². The van der Waals surface area contributed by atoms with Crippen LogP contribution in [0.1, 0.15) is 61.1 Å². The van der Waals surface area contributed by atoms with E-state index in [4.69, 9.17) is 0 Å². The van der Waals surface area contributed by atoms with Crippen LogP contribution in [0.2, 0.25) is 0 Å². The highest BCUT2D eigenvalue weighted by Crippen LogP contribution is 2.60. The molecule has 0 nitrogen and oxygen atoms in total. The average molecular weight is 665 g/mol. The first-order valence-electron chi connectivity index (χ1n) is 18.8. The molecular weight excluding hydrogens is 625 g/mol. The van der Waals surface area contributed by atoms with Gasteiger partial charge in [-0.15, -0.1) is 0 Å². The van der Waals surface area contributed by atoms with E-state index < -0.39 is 0 Å². The summed E-state index contributed by atoms with van der Waals surface area (Å²) < 4.78 is 0. The molecule has 3 aliphatic rings. The molecule has 0 aliphatic heterocycles. The minimum absolute atomic E-state index is 0.0771. The highest BCUT2D eigenvalue weighted by atomic mass is 14.4. The zero-order chi connectivity index (χ0) is 35.3. The molecule has 0 heterocycles. The van der Waals surface area contributed by atoms with E-state index >= 15 is 0 Å². The Kier molecular flexibility index (Phi) is 5.75. The van der Waals surface area contributed by atoms with Crippen molar-refractivity contribution in [1.29, 1.82) is 0 Å². The van der Waals surface area contributed by atoms with Crippen LogP contribution in [0.5, 0.6) is 0 Å². The van der Waals surface area contributed by atoms with Gasteiger partial charge in [0.05, 0.1) is 0 Å². The molecule has 11 rings (SSSR count). The predicted octanol–water partition coefficient (Wildman–Crippen LogP) is 14.2. The predicted molar refractivity (Wildman–Crippen MR) is 221 cm³/mol. The summed E-state index contributed by atoms with van der Waals surface area (Å²) in [5.41, 5.74) is 24.3. The number of rotatable bonds is 2. The number of hydrogen-bond acceptors (Lipinski definition) is 0. The maximum Gasteiger partial charge on any atom is 0.0159 e. The Morgan fingerprint density at radius 1 is 0.346 bits per heavy atom. The molecule has 0 fully saturated rings. The zero-order valence-electron chi connectivity index (χ0n) is 30.7. The van der Waals surface area contributed by atoms with Crippen molar-refractivity contribution >= 4 is 21.5 Å². The van der Waals surface area contributed by atoms with Gasteiger partial charge in [-0.05, 0) is 142 Å².